The number of ether oxygens (including phenoxy) is 1. The molecule has 3 nitrogen and oxygen atoms in total. The molecular weight excluding hydrogens is 196 g/mol. The van der Waals surface area contributed by atoms with Gasteiger partial charge in [0.05, 0.1) is 13.2 Å². The average molecular weight is 218 g/mol. The summed E-state index contributed by atoms with van der Waals surface area (Å²) in [5, 5.41) is 0. The van der Waals surface area contributed by atoms with Crippen molar-refractivity contribution in [2.75, 3.05) is 19.8 Å². The highest BCUT2D eigenvalue weighted by molar-refractivity contribution is 6.44. The minimum absolute atomic E-state index is 0.396. The van der Waals surface area contributed by atoms with E-state index < -0.39 is 9.28 Å². The van der Waals surface area contributed by atoms with Crippen LogP contribution in [0.3, 0.4) is 0 Å². The Kier molecular flexibility index (Phi) is 6.43. The van der Waals surface area contributed by atoms with E-state index in [1.165, 1.54) is 25.3 Å². The molecule has 0 aromatic heterocycles. The highest BCUT2D eigenvalue weighted by atomic mass is 28.3. The van der Waals surface area contributed by atoms with Crippen molar-refractivity contribution in [1.82, 2.24) is 0 Å². The van der Waals surface area contributed by atoms with Crippen molar-refractivity contribution >= 4 is 9.28 Å². The zero-order valence-corrected chi connectivity index (χ0v) is 10.5. The normalized spacial score (nSPS) is 30.4. The maximum absolute atomic E-state index is 5.60. The van der Waals surface area contributed by atoms with Crippen LogP contribution in [0.25, 0.3) is 0 Å². The lowest BCUT2D eigenvalue weighted by Gasteiger charge is -2.20. The fourth-order valence-corrected chi connectivity index (χ4v) is 3.13. The zero-order chi connectivity index (χ0) is 10.2. The van der Waals surface area contributed by atoms with Crippen LogP contribution in [0.5, 0.6) is 0 Å². The van der Waals surface area contributed by atoms with E-state index in [2.05, 4.69) is 13.8 Å². The first-order valence-corrected chi connectivity index (χ1v) is 7.47. The van der Waals surface area contributed by atoms with Gasteiger partial charge in [0.15, 0.2) is 0 Å². The molecule has 4 heteroatoms. The molecule has 2 atom stereocenters. The molecule has 2 heterocycles. The smallest absolute Gasteiger partial charge is 0.321 e. The predicted molar refractivity (Wildman–Crippen MR) is 58.8 cm³/mol. The largest absolute Gasteiger partial charge is 0.397 e. The minimum Gasteiger partial charge on any atom is -0.397 e. The van der Waals surface area contributed by atoms with Crippen LogP contribution in [0.4, 0.5) is 0 Å². The van der Waals surface area contributed by atoms with E-state index in [-0.39, 0.29) is 0 Å². The highest BCUT2D eigenvalue weighted by Crippen LogP contribution is 2.14. The summed E-state index contributed by atoms with van der Waals surface area (Å²) in [6, 6.07) is 1.19. The van der Waals surface area contributed by atoms with Gasteiger partial charge in [-0.05, 0) is 18.9 Å². The average Bonchev–Trinajstić information content (AvgIpc) is 3.01. The second-order valence-corrected chi connectivity index (χ2v) is 5.90. The quantitative estimate of drug-likeness (QED) is 0.535. The highest BCUT2D eigenvalue weighted by Gasteiger charge is 2.26. The number of rotatable bonds is 3. The molecule has 0 bridgehead atoms. The SMILES string of the molecule is C1CC[SiH](OCC2CO2)OC1.CCC. The third-order valence-electron chi connectivity index (χ3n) is 2.01. The summed E-state index contributed by atoms with van der Waals surface area (Å²) >= 11 is 0. The van der Waals surface area contributed by atoms with E-state index in [1.54, 1.807) is 0 Å². The third kappa shape index (κ3) is 5.75. The van der Waals surface area contributed by atoms with Gasteiger partial charge in [-0.3, -0.25) is 0 Å². The van der Waals surface area contributed by atoms with Crippen molar-refractivity contribution in [2.45, 2.75) is 45.3 Å². The Morgan fingerprint density at radius 1 is 1.36 bits per heavy atom. The molecule has 2 fully saturated rings. The second-order valence-electron chi connectivity index (χ2n) is 3.79. The van der Waals surface area contributed by atoms with Gasteiger partial charge in [-0.15, -0.1) is 0 Å². The van der Waals surface area contributed by atoms with Crippen LogP contribution in [-0.2, 0) is 13.6 Å². The van der Waals surface area contributed by atoms with E-state index in [0.717, 1.165) is 19.8 Å². The maximum Gasteiger partial charge on any atom is 0.321 e. The van der Waals surface area contributed by atoms with Crippen LogP contribution in [0.15, 0.2) is 0 Å². The van der Waals surface area contributed by atoms with Gasteiger partial charge in [-0.1, -0.05) is 20.3 Å². The molecule has 0 spiro atoms. The van der Waals surface area contributed by atoms with Gasteiger partial charge in [0.1, 0.15) is 6.10 Å². The Labute approximate surface area is 88.6 Å². The molecule has 2 aliphatic heterocycles. The topological polar surface area (TPSA) is 31.0 Å². The molecule has 2 saturated heterocycles. The predicted octanol–water partition coefficient (Wildman–Crippen LogP) is 1.85. The van der Waals surface area contributed by atoms with Crippen molar-refractivity contribution in [3.05, 3.63) is 0 Å². The molecule has 2 aliphatic rings. The Bertz CT molecular complexity index is 133. The van der Waals surface area contributed by atoms with Gasteiger partial charge in [0.2, 0.25) is 0 Å². The van der Waals surface area contributed by atoms with Crippen LogP contribution < -0.4 is 0 Å². The summed E-state index contributed by atoms with van der Waals surface area (Å²) in [5.41, 5.74) is 0. The lowest BCUT2D eigenvalue weighted by molar-refractivity contribution is 0.164. The fraction of sp³-hybridized carbons (Fsp3) is 1.00. The van der Waals surface area contributed by atoms with E-state index in [0.29, 0.717) is 6.10 Å². The molecule has 2 unspecified atom stereocenters. The molecule has 0 aromatic carbocycles. The molecule has 0 aromatic rings. The molecule has 2 rings (SSSR count). The number of epoxide rings is 1. The summed E-state index contributed by atoms with van der Waals surface area (Å²) in [4.78, 5) is 0. The van der Waals surface area contributed by atoms with Crippen molar-refractivity contribution in [3.63, 3.8) is 0 Å². The van der Waals surface area contributed by atoms with Gasteiger partial charge in [0.25, 0.3) is 0 Å². The van der Waals surface area contributed by atoms with Crippen LogP contribution in [0.2, 0.25) is 6.04 Å². The summed E-state index contributed by atoms with van der Waals surface area (Å²) in [6.45, 7) is 6.83. The summed E-state index contributed by atoms with van der Waals surface area (Å²) in [6.07, 6.45) is 4.16. The zero-order valence-electron chi connectivity index (χ0n) is 9.33. The van der Waals surface area contributed by atoms with Gasteiger partial charge >= 0.3 is 9.28 Å². The summed E-state index contributed by atoms with van der Waals surface area (Å²) in [5.74, 6) is 0. The van der Waals surface area contributed by atoms with Crippen LogP contribution in [0.1, 0.15) is 33.1 Å². The molecular formula is C10H22O3Si. The van der Waals surface area contributed by atoms with Gasteiger partial charge < -0.3 is 13.6 Å². The minimum atomic E-state index is -1.22. The molecule has 0 aliphatic carbocycles. The van der Waals surface area contributed by atoms with Crippen molar-refractivity contribution < 1.29 is 13.6 Å². The molecule has 0 amide bonds. The van der Waals surface area contributed by atoms with E-state index in [9.17, 15) is 0 Å². The first-order valence-electron chi connectivity index (χ1n) is 5.71. The second kappa shape index (κ2) is 7.40. The molecule has 0 N–H and O–H groups in total. The van der Waals surface area contributed by atoms with Crippen molar-refractivity contribution in [2.24, 2.45) is 0 Å². The van der Waals surface area contributed by atoms with Gasteiger partial charge in [-0.25, -0.2) is 0 Å². The standard InChI is InChI=1S/C7H14O3Si.C3H8/c1-2-4-11(9-3-1)10-6-7-5-8-7;1-3-2/h7,11H,1-6H2;3H2,1-2H3. The van der Waals surface area contributed by atoms with Gasteiger partial charge in [-0.2, -0.15) is 0 Å². The lowest BCUT2D eigenvalue weighted by atomic mass is 10.4. The van der Waals surface area contributed by atoms with Gasteiger partial charge in [0, 0.05) is 6.61 Å². The lowest BCUT2D eigenvalue weighted by Crippen LogP contribution is -2.28. The Balaban J connectivity index is 0.000000293. The Hall–Kier alpha value is 0.0969. The maximum atomic E-state index is 5.60. The van der Waals surface area contributed by atoms with Crippen molar-refractivity contribution in [3.8, 4) is 0 Å². The molecule has 0 saturated carbocycles. The fourth-order valence-electron chi connectivity index (χ4n) is 1.22. The first kappa shape index (κ1) is 12.2. The first-order chi connectivity index (χ1) is 6.86. The Morgan fingerprint density at radius 2 is 2.07 bits per heavy atom. The van der Waals surface area contributed by atoms with E-state index in [4.69, 9.17) is 13.6 Å². The summed E-state index contributed by atoms with van der Waals surface area (Å²) in [7, 11) is -1.22. The van der Waals surface area contributed by atoms with E-state index >= 15 is 0 Å². The Morgan fingerprint density at radius 3 is 2.57 bits per heavy atom. The molecule has 0 radical (unpaired) electrons. The summed E-state index contributed by atoms with van der Waals surface area (Å²) < 4.78 is 16.2. The molecule has 84 valence electrons. The number of hydrogen-bond acceptors (Lipinski definition) is 3. The van der Waals surface area contributed by atoms with Crippen molar-refractivity contribution in [1.29, 1.82) is 0 Å². The van der Waals surface area contributed by atoms with Crippen LogP contribution >= 0.6 is 0 Å². The monoisotopic (exact) mass is 218 g/mol. The van der Waals surface area contributed by atoms with Crippen LogP contribution in [0, 0.1) is 0 Å². The van der Waals surface area contributed by atoms with E-state index in [1.807, 2.05) is 0 Å². The third-order valence-corrected chi connectivity index (χ3v) is 4.06. The number of hydrogen-bond donors (Lipinski definition) is 0. The molecule has 14 heavy (non-hydrogen) atoms. The van der Waals surface area contributed by atoms with Crippen LogP contribution in [-0.4, -0.2) is 35.2 Å².